The summed E-state index contributed by atoms with van der Waals surface area (Å²) >= 11 is 0. The Hall–Kier alpha value is -1.42. The Labute approximate surface area is 70.0 Å². The fourth-order valence-electron chi connectivity index (χ4n) is 1.30. The molecule has 1 aliphatic rings. The summed E-state index contributed by atoms with van der Waals surface area (Å²) in [5, 5.41) is 1.56. The van der Waals surface area contributed by atoms with Crippen molar-refractivity contribution in [2.24, 2.45) is 5.84 Å². The predicted molar refractivity (Wildman–Crippen MR) is 44.7 cm³/mol. The van der Waals surface area contributed by atoms with Crippen LogP contribution in [-0.2, 0) is 0 Å². The summed E-state index contributed by atoms with van der Waals surface area (Å²) in [4.78, 5) is 15.3. The second-order valence-electron chi connectivity index (χ2n) is 2.74. The van der Waals surface area contributed by atoms with Gasteiger partial charge in [0.1, 0.15) is 5.69 Å². The highest BCUT2D eigenvalue weighted by Gasteiger charge is 2.21. The van der Waals surface area contributed by atoms with Gasteiger partial charge in [0.2, 0.25) is 0 Å². The number of anilines is 1. The zero-order valence-corrected chi connectivity index (χ0v) is 6.53. The molecule has 4 heteroatoms. The number of hydrogen-bond acceptors (Lipinski definition) is 4. The second-order valence-corrected chi connectivity index (χ2v) is 2.74. The van der Waals surface area contributed by atoms with E-state index >= 15 is 0 Å². The van der Waals surface area contributed by atoms with Crippen molar-refractivity contribution in [1.82, 2.24) is 4.98 Å². The number of aromatic nitrogens is 1. The molecule has 0 fully saturated rings. The lowest BCUT2D eigenvalue weighted by Crippen LogP contribution is -2.38. The third-order valence-electron chi connectivity index (χ3n) is 1.94. The number of nitrogens with zero attached hydrogens (tertiary/aromatic N) is 2. The van der Waals surface area contributed by atoms with Crippen LogP contribution in [0.2, 0.25) is 0 Å². The maximum Gasteiger partial charge on any atom is 0.185 e. The van der Waals surface area contributed by atoms with Crippen molar-refractivity contribution in [1.29, 1.82) is 0 Å². The monoisotopic (exact) mass is 163 g/mol. The zero-order chi connectivity index (χ0) is 8.55. The lowest BCUT2D eigenvalue weighted by Gasteiger charge is -2.24. The van der Waals surface area contributed by atoms with E-state index in [1.807, 2.05) is 0 Å². The van der Waals surface area contributed by atoms with E-state index in [4.69, 9.17) is 5.84 Å². The highest BCUT2D eigenvalue weighted by atomic mass is 16.1. The van der Waals surface area contributed by atoms with E-state index in [9.17, 15) is 4.79 Å². The predicted octanol–water partition coefficient (Wildman–Crippen LogP) is 0.348. The van der Waals surface area contributed by atoms with Crippen LogP contribution in [0.25, 0.3) is 0 Å². The maximum absolute atomic E-state index is 11.3. The molecule has 0 spiro atoms. The minimum atomic E-state index is 0.0762. The van der Waals surface area contributed by atoms with Gasteiger partial charge in [-0.15, -0.1) is 0 Å². The summed E-state index contributed by atoms with van der Waals surface area (Å²) < 4.78 is 0. The highest BCUT2D eigenvalue weighted by molar-refractivity contribution is 6.01. The van der Waals surface area contributed by atoms with Crippen molar-refractivity contribution >= 4 is 11.5 Å². The largest absolute Gasteiger partial charge is 0.308 e. The molecular weight excluding hydrogens is 154 g/mol. The van der Waals surface area contributed by atoms with Crippen molar-refractivity contribution in [2.45, 2.75) is 6.42 Å². The average molecular weight is 163 g/mol. The molecule has 0 amide bonds. The van der Waals surface area contributed by atoms with Gasteiger partial charge in [-0.1, -0.05) is 0 Å². The van der Waals surface area contributed by atoms with Gasteiger partial charge in [0.15, 0.2) is 5.78 Å². The number of hydrazine groups is 1. The molecule has 0 saturated heterocycles. The van der Waals surface area contributed by atoms with Gasteiger partial charge in [-0.25, -0.2) is 5.84 Å². The third kappa shape index (κ3) is 0.967. The number of Topliss-reactive ketones (excluding diaryl/α,β-unsaturated/α-hetero) is 1. The molecule has 0 bridgehead atoms. The first kappa shape index (κ1) is 7.24. The number of pyridine rings is 1. The lowest BCUT2D eigenvalue weighted by molar-refractivity contribution is 0.0975. The Balaban J connectivity index is 2.55. The van der Waals surface area contributed by atoms with Gasteiger partial charge < -0.3 is 5.01 Å². The number of carbonyl (C=O) groups excluding carboxylic acids is 1. The first-order valence-corrected chi connectivity index (χ1v) is 3.79. The van der Waals surface area contributed by atoms with Crippen LogP contribution in [0.3, 0.4) is 0 Å². The van der Waals surface area contributed by atoms with E-state index in [0.29, 0.717) is 18.7 Å². The molecule has 2 N–H and O–H groups in total. The van der Waals surface area contributed by atoms with Crippen molar-refractivity contribution in [3.05, 3.63) is 24.0 Å². The Morgan fingerprint density at radius 3 is 3.17 bits per heavy atom. The highest BCUT2D eigenvalue weighted by Crippen LogP contribution is 2.21. The van der Waals surface area contributed by atoms with Crippen molar-refractivity contribution < 1.29 is 4.79 Å². The number of carbonyl (C=O) groups is 1. The van der Waals surface area contributed by atoms with Gasteiger partial charge in [-0.2, -0.15) is 0 Å². The van der Waals surface area contributed by atoms with Crippen LogP contribution in [0.15, 0.2) is 18.3 Å². The Morgan fingerprint density at radius 2 is 2.42 bits per heavy atom. The Morgan fingerprint density at radius 1 is 1.58 bits per heavy atom. The summed E-state index contributed by atoms with van der Waals surface area (Å²) in [6.07, 6.45) is 2.07. The molecule has 4 nitrogen and oxygen atoms in total. The van der Waals surface area contributed by atoms with E-state index < -0.39 is 0 Å². The molecule has 0 aromatic carbocycles. The molecule has 1 aromatic rings. The Kier molecular flexibility index (Phi) is 1.55. The molecule has 1 aliphatic heterocycles. The fourth-order valence-corrected chi connectivity index (χ4v) is 1.30. The minimum absolute atomic E-state index is 0.0762. The van der Waals surface area contributed by atoms with Gasteiger partial charge in [-0.3, -0.25) is 9.78 Å². The van der Waals surface area contributed by atoms with Crippen LogP contribution in [-0.4, -0.2) is 17.3 Å². The average Bonchev–Trinajstić information content (AvgIpc) is 2.12. The molecule has 2 heterocycles. The van der Waals surface area contributed by atoms with Crippen molar-refractivity contribution in [3.8, 4) is 0 Å². The van der Waals surface area contributed by atoms with Crippen molar-refractivity contribution in [2.75, 3.05) is 11.6 Å². The molecular formula is C8H9N3O. The van der Waals surface area contributed by atoms with E-state index in [-0.39, 0.29) is 5.78 Å². The number of ketones is 1. The van der Waals surface area contributed by atoms with Gasteiger partial charge in [0.05, 0.1) is 5.69 Å². The molecule has 12 heavy (non-hydrogen) atoms. The van der Waals surface area contributed by atoms with E-state index in [0.717, 1.165) is 5.69 Å². The van der Waals surface area contributed by atoms with E-state index in [2.05, 4.69) is 4.98 Å². The summed E-state index contributed by atoms with van der Waals surface area (Å²) in [6.45, 7) is 0.581. The van der Waals surface area contributed by atoms with Gasteiger partial charge in [-0.05, 0) is 12.1 Å². The SMILES string of the molecule is NN1CCC(=O)c2ncccc21. The first-order chi connectivity index (χ1) is 5.79. The lowest BCUT2D eigenvalue weighted by atomic mass is 10.1. The number of nitrogens with two attached hydrogens (primary N) is 1. The van der Waals surface area contributed by atoms with Crippen LogP contribution < -0.4 is 10.9 Å². The van der Waals surface area contributed by atoms with Gasteiger partial charge in [0.25, 0.3) is 0 Å². The summed E-state index contributed by atoms with van der Waals surface area (Å²) in [6, 6.07) is 3.58. The minimum Gasteiger partial charge on any atom is -0.308 e. The van der Waals surface area contributed by atoms with Gasteiger partial charge >= 0.3 is 0 Å². The summed E-state index contributed by atoms with van der Waals surface area (Å²) in [5.74, 6) is 5.73. The van der Waals surface area contributed by atoms with Crippen LogP contribution in [0, 0.1) is 0 Å². The molecule has 62 valence electrons. The molecule has 1 aromatic heterocycles. The van der Waals surface area contributed by atoms with Crippen LogP contribution in [0.1, 0.15) is 16.9 Å². The standard InChI is InChI=1S/C8H9N3O/c9-11-5-3-7(12)8-6(11)2-1-4-10-8/h1-2,4H,3,5,9H2. The van der Waals surface area contributed by atoms with E-state index in [1.54, 1.807) is 23.3 Å². The number of hydrogen-bond donors (Lipinski definition) is 1. The zero-order valence-electron chi connectivity index (χ0n) is 6.53. The third-order valence-corrected chi connectivity index (χ3v) is 1.94. The van der Waals surface area contributed by atoms with E-state index in [1.165, 1.54) is 0 Å². The quantitative estimate of drug-likeness (QED) is 0.560. The molecule has 0 radical (unpaired) electrons. The summed E-state index contributed by atoms with van der Waals surface area (Å²) in [7, 11) is 0. The second kappa shape index (κ2) is 2.57. The fraction of sp³-hybridized carbons (Fsp3) is 0.250. The topological polar surface area (TPSA) is 59.2 Å². The molecule has 0 unspecified atom stereocenters. The summed E-state index contributed by atoms with van der Waals surface area (Å²) in [5.41, 5.74) is 1.22. The molecule has 0 atom stereocenters. The maximum atomic E-state index is 11.3. The van der Waals surface area contributed by atoms with Gasteiger partial charge in [0, 0.05) is 19.2 Å². The smallest absolute Gasteiger partial charge is 0.185 e. The molecule has 0 saturated carbocycles. The van der Waals surface area contributed by atoms with Crippen LogP contribution in [0.4, 0.5) is 5.69 Å². The van der Waals surface area contributed by atoms with Crippen LogP contribution in [0.5, 0.6) is 0 Å². The van der Waals surface area contributed by atoms with Crippen LogP contribution >= 0.6 is 0 Å². The Bertz CT molecular complexity index is 324. The first-order valence-electron chi connectivity index (χ1n) is 3.79. The number of fused-ring (bicyclic) bond motifs is 1. The molecule has 2 rings (SSSR count). The number of rotatable bonds is 0. The molecule has 0 aliphatic carbocycles. The van der Waals surface area contributed by atoms with Crippen molar-refractivity contribution in [3.63, 3.8) is 0 Å². The normalized spacial score (nSPS) is 16.1.